The van der Waals surface area contributed by atoms with E-state index in [9.17, 15) is 15.0 Å². The average Bonchev–Trinajstić information content (AvgIpc) is 3.25. The van der Waals surface area contributed by atoms with E-state index in [2.05, 4.69) is 26.0 Å². The molecule has 4 nitrogen and oxygen atoms in total. The molecule has 0 saturated heterocycles. The van der Waals surface area contributed by atoms with Gasteiger partial charge in [0, 0.05) is 5.92 Å². The number of carboxylic acid groups (broad SMARTS) is 1. The van der Waals surface area contributed by atoms with Crippen molar-refractivity contribution in [2.45, 2.75) is 77.4 Å². The van der Waals surface area contributed by atoms with Crippen LogP contribution >= 0.6 is 0 Å². The zero-order valence-electron chi connectivity index (χ0n) is 18.9. The van der Waals surface area contributed by atoms with E-state index < -0.39 is 12.1 Å². The largest absolute Gasteiger partial charge is 0.478 e. The van der Waals surface area contributed by atoms with Crippen LogP contribution in [-0.2, 0) is 6.42 Å². The second kappa shape index (κ2) is 11.1. The van der Waals surface area contributed by atoms with Crippen molar-refractivity contribution in [1.82, 2.24) is 0 Å². The maximum absolute atomic E-state index is 11.0. The van der Waals surface area contributed by atoms with Gasteiger partial charge in [0.05, 0.1) is 17.8 Å². The first-order chi connectivity index (χ1) is 14.9. The maximum Gasteiger partial charge on any atom is 0.335 e. The highest BCUT2D eigenvalue weighted by Crippen LogP contribution is 2.48. The zero-order valence-corrected chi connectivity index (χ0v) is 18.9. The predicted octanol–water partition coefficient (Wildman–Crippen LogP) is 5.39. The number of hydrogen-bond donors (Lipinski definition) is 3. The molecule has 31 heavy (non-hydrogen) atoms. The molecule has 1 aromatic rings. The molecule has 0 unspecified atom stereocenters. The molecule has 1 fully saturated rings. The molecule has 0 spiro atoms. The summed E-state index contributed by atoms with van der Waals surface area (Å²) in [6, 6.07) is 7.14. The Bertz CT molecular complexity index is 779. The topological polar surface area (TPSA) is 77.8 Å². The molecule has 0 heterocycles. The van der Waals surface area contributed by atoms with Gasteiger partial charge in [-0.1, -0.05) is 69.0 Å². The Balaban J connectivity index is 1.50. The van der Waals surface area contributed by atoms with Crippen LogP contribution in [0.2, 0.25) is 0 Å². The quantitative estimate of drug-likeness (QED) is 0.414. The summed E-state index contributed by atoms with van der Waals surface area (Å²) in [6.45, 7) is 4.40. The molecule has 3 rings (SSSR count). The molecule has 4 heteroatoms. The zero-order chi connectivity index (χ0) is 22.4. The van der Waals surface area contributed by atoms with Crippen molar-refractivity contribution >= 4 is 5.97 Å². The Labute approximate surface area is 186 Å². The number of unbranched alkanes of at least 4 members (excludes halogenated alkanes) is 1. The Morgan fingerprint density at radius 1 is 1.23 bits per heavy atom. The predicted molar refractivity (Wildman–Crippen MR) is 124 cm³/mol. The SMILES string of the molecule is CCCC[C@H](C)C[C@H](O)/C=C/[C@@H]1[C@H]2CC(CCc3ccc(C(=O)O)cc3)=C[C@H]2C[C@H]1O. The number of aryl methyl sites for hydroxylation is 1. The molecule has 0 bridgehead atoms. The molecule has 1 aromatic carbocycles. The first-order valence-electron chi connectivity index (χ1n) is 11.9. The van der Waals surface area contributed by atoms with Gasteiger partial charge in [-0.25, -0.2) is 4.79 Å². The third kappa shape index (κ3) is 6.54. The number of rotatable bonds is 11. The lowest BCUT2D eigenvalue weighted by atomic mass is 9.88. The van der Waals surface area contributed by atoms with Gasteiger partial charge in [-0.3, -0.25) is 0 Å². The lowest BCUT2D eigenvalue weighted by molar-refractivity contribution is 0.0697. The van der Waals surface area contributed by atoms with Crippen molar-refractivity contribution in [3.05, 3.63) is 59.2 Å². The first-order valence-corrected chi connectivity index (χ1v) is 11.9. The van der Waals surface area contributed by atoms with Gasteiger partial charge < -0.3 is 15.3 Å². The number of carbonyl (C=O) groups is 1. The third-order valence-corrected chi connectivity index (χ3v) is 7.14. The number of fused-ring (bicyclic) bond motifs is 1. The average molecular weight is 427 g/mol. The first kappa shape index (κ1) is 23.7. The fraction of sp³-hybridized carbons (Fsp3) is 0.593. The van der Waals surface area contributed by atoms with Gasteiger partial charge in [-0.05, 0) is 67.6 Å². The van der Waals surface area contributed by atoms with E-state index in [0.717, 1.165) is 44.1 Å². The summed E-state index contributed by atoms with van der Waals surface area (Å²) in [5, 5.41) is 30.0. The fourth-order valence-electron chi connectivity index (χ4n) is 5.33. The summed E-state index contributed by atoms with van der Waals surface area (Å²) in [4.78, 5) is 11.0. The molecule has 170 valence electrons. The van der Waals surface area contributed by atoms with Crippen LogP contribution in [-0.4, -0.2) is 33.5 Å². The highest BCUT2D eigenvalue weighted by molar-refractivity contribution is 5.87. The van der Waals surface area contributed by atoms with Crippen LogP contribution in [0.1, 0.15) is 74.7 Å². The molecule has 2 aliphatic rings. The lowest BCUT2D eigenvalue weighted by Gasteiger charge is -2.19. The smallest absolute Gasteiger partial charge is 0.335 e. The van der Waals surface area contributed by atoms with E-state index in [0.29, 0.717) is 23.3 Å². The van der Waals surface area contributed by atoms with Gasteiger partial charge >= 0.3 is 5.97 Å². The van der Waals surface area contributed by atoms with E-state index in [1.807, 2.05) is 18.2 Å². The van der Waals surface area contributed by atoms with E-state index in [1.165, 1.54) is 18.4 Å². The minimum absolute atomic E-state index is 0.120. The monoisotopic (exact) mass is 426 g/mol. The van der Waals surface area contributed by atoms with Crippen molar-refractivity contribution in [3.63, 3.8) is 0 Å². The summed E-state index contributed by atoms with van der Waals surface area (Å²) in [7, 11) is 0. The summed E-state index contributed by atoms with van der Waals surface area (Å²) in [5.41, 5.74) is 2.92. The van der Waals surface area contributed by atoms with Gasteiger partial charge in [0.15, 0.2) is 0 Å². The normalized spacial score (nSPS) is 27.3. The molecular weight excluding hydrogens is 388 g/mol. The fourth-order valence-corrected chi connectivity index (χ4v) is 5.33. The van der Waals surface area contributed by atoms with E-state index in [4.69, 9.17) is 5.11 Å². The highest BCUT2D eigenvalue weighted by atomic mass is 16.4. The van der Waals surface area contributed by atoms with Gasteiger partial charge in [0.1, 0.15) is 0 Å². The molecule has 0 radical (unpaired) electrons. The van der Waals surface area contributed by atoms with Crippen molar-refractivity contribution in [1.29, 1.82) is 0 Å². The van der Waals surface area contributed by atoms with E-state index in [1.54, 1.807) is 12.1 Å². The molecule has 0 aliphatic heterocycles. The number of aliphatic hydroxyl groups is 2. The number of aromatic carboxylic acids is 1. The Morgan fingerprint density at radius 3 is 2.65 bits per heavy atom. The van der Waals surface area contributed by atoms with Crippen LogP contribution in [0.15, 0.2) is 48.1 Å². The van der Waals surface area contributed by atoms with E-state index in [-0.39, 0.29) is 12.0 Å². The molecule has 0 amide bonds. The van der Waals surface area contributed by atoms with Gasteiger partial charge in [0.2, 0.25) is 0 Å². The second-order valence-corrected chi connectivity index (χ2v) is 9.67. The Morgan fingerprint density at radius 2 is 1.97 bits per heavy atom. The summed E-state index contributed by atoms with van der Waals surface area (Å²) in [5.74, 6) is 0.602. The molecule has 3 N–H and O–H groups in total. The third-order valence-electron chi connectivity index (χ3n) is 7.14. The number of allylic oxidation sites excluding steroid dienone is 2. The minimum atomic E-state index is -0.893. The van der Waals surface area contributed by atoms with Crippen molar-refractivity contribution < 1.29 is 20.1 Å². The van der Waals surface area contributed by atoms with Crippen LogP contribution in [0.4, 0.5) is 0 Å². The molecule has 6 atom stereocenters. The van der Waals surface area contributed by atoms with Gasteiger partial charge in [0.25, 0.3) is 0 Å². The summed E-state index contributed by atoms with van der Waals surface area (Å²) < 4.78 is 0. The van der Waals surface area contributed by atoms with Crippen molar-refractivity contribution in [3.8, 4) is 0 Å². The van der Waals surface area contributed by atoms with Gasteiger partial charge in [-0.15, -0.1) is 0 Å². The van der Waals surface area contributed by atoms with Crippen LogP contribution in [0.3, 0.4) is 0 Å². The highest BCUT2D eigenvalue weighted by Gasteiger charge is 2.43. The van der Waals surface area contributed by atoms with Crippen molar-refractivity contribution in [2.75, 3.05) is 0 Å². The van der Waals surface area contributed by atoms with Crippen LogP contribution in [0.25, 0.3) is 0 Å². The van der Waals surface area contributed by atoms with E-state index >= 15 is 0 Å². The number of aliphatic hydroxyl groups excluding tert-OH is 2. The van der Waals surface area contributed by atoms with Crippen LogP contribution in [0.5, 0.6) is 0 Å². The van der Waals surface area contributed by atoms with Gasteiger partial charge in [-0.2, -0.15) is 0 Å². The standard InChI is InChI=1S/C27H38O4/c1-3-4-5-18(2)14-23(28)12-13-24-25-16-20(15-22(25)17-26(24)29)7-6-19-8-10-21(11-9-19)27(30)31/h8-13,15,18,22-26,28-29H,3-7,14,16-17H2,1-2H3,(H,30,31)/b13-12+/t18-,22-,23+,24+,25-,26+/m0/s1. The second-order valence-electron chi connectivity index (χ2n) is 9.67. The molecule has 2 aliphatic carbocycles. The van der Waals surface area contributed by atoms with Crippen LogP contribution < -0.4 is 0 Å². The number of hydrogen-bond acceptors (Lipinski definition) is 3. The lowest BCUT2D eigenvalue weighted by Crippen LogP contribution is -2.18. The Hall–Kier alpha value is -1.91. The summed E-state index contributed by atoms with van der Waals surface area (Å²) in [6.07, 6.45) is 13.6. The molecule has 0 aromatic heterocycles. The Kier molecular flexibility index (Phi) is 8.50. The summed E-state index contributed by atoms with van der Waals surface area (Å²) >= 11 is 0. The number of carboxylic acids is 1. The molecular formula is C27H38O4. The minimum Gasteiger partial charge on any atom is -0.478 e. The maximum atomic E-state index is 11.0. The molecule has 1 saturated carbocycles. The van der Waals surface area contributed by atoms with Crippen molar-refractivity contribution in [2.24, 2.45) is 23.7 Å². The van der Waals surface area contributed by atoms with Crippen LogP contribution in [0, 0.1) is 23.7 Å². The number of benzene rings is 1.